The predicted molar refractivity (Wildman–Crippen MR) is 100 cm³/mol. The van der Waals surface area contributed by atoms with Gasteiger partial charge < -0.3 is 10.6 Å². The number of halogens is 3. The predicted octanol–water partition coefficient (Wildman–Crippen LogP) is 5.58. The normalized spacial score (nSPS) is 12.7. The SMILES string of the molecule is CCCCCCCC(=O)N[C@H](Nc1ccc(C)cc1)C(Cl)(Cl)Cl. The monoisotopic (exact) mass is 378 g/mol. The maximum absolute atomic E-state index is 12.1. The third kappa shape index (κ3) is 8.69. The molecule has 130 valence electrons. The van der Waals surface area contributed by atoms with Crippen LogP contribution in [0.5, 0.6) is 0 Å². The molecule has 0 aliphatic carbocycles. The van der Waals surface area contributed by atoms with Crippen LogP contribution in [0.4, 0.5) is 5.69 Å². The van der Waals surface area contributed by atoms with Gasteiger partial charge in [0.05, 0.1) is 0 Å². The Morgan fingerprint density at radius 2 is 1.70 bits per heavy atom. The first kappa shape index (κ1) is 20.4. The lowest BCUT2D eigenvalue weighted by atomic mass is 10.1. The van der Waals surface area contributed by atoms with Crippen LogP contribution in [0.25, 0.3) is 0 Å². The van der Waals surface area contributed by atoms with Crippen LogP contribution < -0.4 is 10.6 Å². The van der Waals surface area contributed by atoms with Crippen LogP contribution in [0, 0.1) is 6.92 Å². The molecule has 0 saturated carbocycles. The Morgan fingerprint density at radius 1 is 1.09 bits per heavy atom. The Balaban J connectivity index is 2.51. The highest BCUT2D eigenvalue weighted by Crippen LogP contribution is 2.31. The van der Waals surface area contributed by atoms with Gasteiger partial charge in [-0.3, -0.25) is 4.79 Å². The van der Waals surface area contributed by atoms with Gasteiger partial charge in [0, 0.05) is 12.1 Å². The molecule has 3 nitrogen and oxygen atoms in total. The van der Waals surface area contributed by atoms with E-state index in [0.29, 0.717) is 6.42 Å². The Kier molecular flexibility index (Phi) is 9.11. The molecule has 1 amide bonds. The largest absolute Gasteiger partial charge is 0.362 e. The van der Waals surface area contributed by atoms with Crippen molar-refractivity contribution in [2.24, 2.45) is 0 Å². The topological polar surface area (TPSA) is 41.1 Å². The summed E-state index contributed by atoms with van der Waals surface area (Å²) in [5, 5.41) is 5.83. The molecule has 23 heavy (non-hydrogen) atoms. The number of hydrogen-bond acceptors (Lipinski definition) is 2. The van der Waals surface area contributed by atoms with Crippen molar-refractivity contribution >= 4 is 46.4 Å². The molecule has 0 aliphatic rings. The minimum Gasteiger partial charge on any atom is -0.362 e. The fraction of sp³-hybridized carbons (Fsp3) is 0.588. The number of benzene rings is 1. The van der Waals surface area contributed by atoms with E-state index in [2.05, 4.69) is 17.6 Å². The van der Waals surface area contributed by atoms with Crippen LogP contribution in [0.2, 0.25) is 0 Å². The zero-order valence-electron chi connectivity index (χ0n) is 13.7. The van der Waals surface area contributed by atoms with Crippen molar-refractivity contribution in [2.45, 2.75) is 62.3 Å². The number of nitrogens with one attached hydrogen (secondary N) is 2. The van der Waals surface area contributed by atoms with E-state index in [1.807, 2.05) is 31.2 Å². The summed E-state index contributed by atoms with van der Waals surface area (Å²) in [7, 11) is 0. The molecule has 1 aromatic rings. The van der Waals surface area contributed by atoms with Crippen molar-refractivity contribution in [3.05, 3.63) is 29.8 Å². The van der Waals surface area contributed by atoms with E-state index >= 15 is 0 Å². The van der Waals surface area contributed by atoms with Crippen molar-refractivity contribution in [2.75, 3.05) is 5.32 Å². The second-order valence-electron chi connectivity index (χ2n) is 5.72. The van der Waals surface area contributed by atoms with Crippen LogP contribution >= 0.6 is 34.8 Å². The summed E-state index contributed by atoms with van der Waals surface area (Å²) >= 11 is 17.9. The molecular weight excluding hydrogens is 355 g/mol. The molecule has 1 aromatic carbocycles. The molecule has 0 saturated heterocycles. The van der Waals surface area contributed by atoms with E-state index in [0.717, 1.165) is 30.5 Å². The zero-order chi connectivity index (χ0) is 17.3. The third-order valence-electron chi connectivity index (χ3n) is 3.50. The molecule has 0 fully saturated rings. The first-order valence-electron chi connectivity index (χ1n) is 8.02. The first-order valence-corrected chi connectivity index (χ1v) is 9.15. The van der Waals surface area contributed by atoms with Crippen molar-refractivity contribution in [1.82, 2.24) is 5.32 Å². The molecule has 0 radical (unpaired) electrons. The number of carbonyl (C=O) groups excluding carboxylic acids is 1. The smallest absolute Gasteiger partial charge is 0.228 e. The van der Waals surface area contributed by atoms with Gasteiger partial charge in [-0.05, 0) is 25.5 Å². The number of carbonyl (C=O) groups is 1. The van der Waals surface area contributed by atoms with Gasteiger partial charge in [0.1, 0.15) is 6.17 Å². The fourth-order valence-corrected chi connectivity index (χ4v) is 2.47. The van der Waals surface area contributed by atoms with Crippen molar-refractivity contribution in [1.29, 1.82) is 0 Å². The molecule has 2 N–H and O–H groups in total. The number of rotatable bonds is 9. The quantitative estimate of drug-likeness (QED) is 0.334. The second kappa shape index (κ2) is 10.3. The number of alkyl halides is 3. The van der Waals surface area contributed by atoms with Gasteiger partial charge in [-0.2, -0.15) is 0 Å². The number of amides is 1. The summed E-state index contributed by atoms with van der Waals surface area (Å²) in [6, 6.07) is 7.67. The minimum absolute atomic E-state index is 0.113. The Bertz CT molecular complexity index is 472. The van der Waals surface area contributed by atoms with Gasteiger partial charge in [0.15, 0.2) is 0 Å². The summed E-state index contributed by atoms with van der Waals surface area (Å²) in [6.45, 7) is 4.16. The number of aryl methyl sites for hydroxylation is 1. The van der Waals surface area contributed by atoms with E-state index in [1.54, 1.807) is 0 Å². The van der Waals surface area contributed by atoms with Crippen molar-refractivity contribution in [3.63, 3.8) is 0 Å². The van der Waals surface area contributed by atoms with Crippen LogP contribution in [0.15, 0.2) is 24.3 Å². The van der Waals surface area contributed by atoms with Gasteiger partial charge in [-0.25, -0.2) is 0 Å². The lowest BCUT2D eigenvalue weighted by Crippen LogP contribution is -2.49. The molecule has 0 bridgehead atoms. The summed E-state index contributed by atoms with van der Waals surface area (Å²) < 4.78 is -1.64. The Labute approximate surface area is 154 Å². The van der Waals surface area contributed by atoms with E-state index < -0.39 is 9.96 Å². The number of anilines is 1. The molecule has 1 rings (SSSR count). The molecular formula is C17H25Cl3N2O. The molecule has 0 aliphatic heterocycles. The fourth-order valence-electron chi connectivity index (χ4n) is 2.14. The van der Waals surface area contributed by atoms with Crippen LogP contribution in [-0.2, 0) is 4.79 Å². The van der Waals surface area contributed by atoms with E-state index in [-0.39, 0.29) is 5.91 Å². The van der Waals surface area contributed by atoms with Crippen molar-refractivity contribution in [3.8, 4) is 0 Å². The summed E-state index contributed by atoms with van der Waals surface area (Å²) in [6.07, 6.45) is 5.09. The third-order valence-corrected chi connectivity index (χ3v) is 4.16. The maximum Gasteiger partial charge on any atom is 0.228 e. The molecule has 0 unspecified atom stereocenters. The van der Waals surface area contributed by atoms with Crippen LogP contribution in [0.3, 0.4) is 0 Å². The molecule has 6 heteroatoms. The minimum atomic E-state index is -1.64. The van der Waals surface area contributed by atoms with Gasteiger partial charge in [-0.15, -0.1) is 0 Å². The second-order valence-corrected chi connectivity index (χ2v) is 8.09. The summed E-state index contributed by atoms with van der Waals surface area (Å²) in [5.74, 6) is -0.113. The highest BCUT2D eigenvalue weighted by atomic mass is 35.6. The highest BCUT2D eigenvalue weighted by Gasteiger charge is 2.33. The number of hydrogen-bond donors (Lipinski definition) is 2. The first-order chi connectivity index (χ1) is 10.8. The molecule has 1 atom stereocenters. The average molecular weight is 380 g/mol. The van der Waals surface area contributed by atoms with E-state index in [4.69, 9.17) is 34.8 Å². The van der Waals surface area contributed by atoms with Crippen LogP contribution in [0.1, 0.15) is 51.0 Å². The highest BCUT2D eigenvalue weighted by molar-refractivity contribution is 6.68. The molecule has 0 aromatic heterocycles. The van der Waals surface area contributed by atoms with Crippen molar-refractivity contribution < 1.29 is 4.79 Å². The maximum atomic E-state index is 12.1. The Hall–Kier alpha value is -0.640. The summed E-state index contributed by atoms with van der Waals surface area (Å²) in [4.78, 5) is 12.1. The van der Waals surface area contributed by atoms with E-state index in [9.17, 15) is 4.79 Å². The number of unbranched alkanes of at least 4 members (excludes halogenated alkanes) is 4. The standard InChI is InChI=1S/C17H25Cl3N2O/c1-3-4-5-6-7-8-15(23)22-16(17(18,19)20)21-14-11-9-13(2)10-12-14/h9-12,16,21H,3-8H2,1-2H3,(H,22,23)/t16-/m0/s1. The summed E-state index contributed by atoms with van der Waals surface area (Å²) in [5.41, 5.74) is 1.92. The molecule has 0 spiro atoms. The van der Waals surface area contributed by atoms with Gasteiger partial charge >= 0.3 is 0 Å². The van der Waals surface area contributed by atoms with E-state index in [1.165, 1.54) is 12.8 Å². The lowest BCUT2D eigenvalue weighted by molar-refractivity contribution is -0.121. The zero-order valence-corrected chi connectivity index (χ0v) is 15.9. The van der Waals surface area contributed by atoms with Gasteiger partial charge in [0.25, 0.3) is 0 Å². The molecule has 0 heterocycles. The average Bonchev–Trinajstić information content (AvgIpc) is 2.47. The van der Waals surface area contributed by atoms with Gasteiger partial charge in [-0.1, -0.05) is 85.1 Å². The van der Waals surface area contributed by atoms with Crippen LogP contribution in [-0.4, -0.2) is 15.9 Å². The van der Waals surface area contributed by atoms with Gasteiger partial charge in [0.2, 0.25) is 9.70 Å². The Morgan fingerprint density at radius 3 is 2.26 bits per heavy atom. The lowest BCUT2D eigenvalue weighted by Gasteiger charge is -2.27.